The van der Waals surface area contributed by atoms with Gasteiger partial charge in [0.25, 0.3) is 0 Å². The summed E-state index contributed by atoms with van der Waals surface area (Å²) in [7, 11) is 1.87. The van der Waals surface area contributed by atoms with Crippen LogP contribution in [0.15, 0.2) is 24.4 Å². The average molecular weight is 191 g/mol. The van der Waals surface area contributed by atoms with Crippen molar-refractivity contribution in [2.24, 2.45) is 12.8 Å². The van der Waals surface area contributed by atoms with E-state index in [9.17, 15) is 5.11 Å². The van der Waals surface area contributed by atoms with Gasteiger partial charge in [-0.2, -0.15) is 5.10 Å². The van der Waals surface area contributed by atoms with Crippen LogP contribution in [0.25, 0.3) is 10.9 Å². The summed E-state index contributed by atoms with van der Waals surface area (Å²) in [6.07, 6.45) is 1.34. The van der Waals surface area contributed by atoms with Gasteiger partial charge in [0.1, 0.15) is 0 Å². The molecule has 2 aromatic rings. The third kappa shape index (κ3) is 1.49. The third-order valence-electron chi connectivity index (χ3n) is 2.25. The van der Waals surface area contributed by atoms with Crippen molar-refractivity contribution >= 4 is 10.9 Å². The van der Waals surface area contributed by atoms with E-state index in [0.717, 1.165) is 16.5 Å². The van der Waals surface area contributed by atoms with Crippen molar-refractivity contribution in [3.05, 3.63) is 30.0 Å². The average Bonchev–Trinajstić information content (AvgIpc) is 2.55. The van der Waals surface area contributed by atoms with Crippen LogP contribution in [0.1, 0.15) is 11.7 Å². The van der Waals surface area contributed by atoms with Crippen LogP contribution in [0.2, 0.25) is 0 Å². The minimum Gasteiger partial charge on any atom is -0.387 e. The Kier molecular flexibility index (Phi) is 2.23. The predicted molar refractivity (Wildman–Crippen MR) is 54.7 cm³/mol. The van der Waals surface area contributed by atoms with E-state index in [1.54, 1.807) is 4.68 Å². The first-order valence-corrected chi connectivity index (χ1v) is 4.52. The fraction of sp³-hybridized carbons (Fsp3) is 0.300. The van der Waals surface area contributed by atoms with Gasteiger partial charge in [-0.05, 0) is 17.7 Å². The number of rotatable bonds is 2. The molecule has 1 atom stereocenters. The molecule has 0 aliphatic rings. The molecular weight excluding hydrogens is 178 g/mol. The summed E-state index contributed by atoms with van der Waals surface area (Å²) in [6, 6.07) is 5.66. The number of nitrogens with two attached hydrogens (primary N) is 1. The van der Waals surface area contributed by atoms with Crippen molar-refractivity contribution in [2.75, 3.05) is 6.54 Å². The van der Waals surface area contributed by atoms with Gasteiger partial charge < -0.3 is 10.8 Å². The molecule has 0 radical (unpaired) electrons. The molecule has 0 aliphatic heterocycles. The highest BCUT2D eigenvalue weighted by molar-refractivity contribution is 5.78. The lowest BCUT2D eigenvalue weighted by Gasteiger charge is -2.06. The molecule has 0 amide bonds. The van der Waals surface area contributed by atoms with Crippen LogP contribution in [0.3, 0.4) is 0 Å². The molecule has 0 saturated heterocycles. The molecule has 0 spiro atoms. The first-order valence-electron chi connectivity index (χ1n) is 4.52. The van der Waals surface area contributed by atoms with E-state index < -0.39 is 6.10 Å². The number of aryl methyl sites for hydroxylation is 1. The number of hydrogen-bond acceptors (Lipinski definition) is 3. The lowest BCUT2D eigenvalue weighted by atomic mass is 10.1. The number of nitrogens with zero attached hydrogens (tertiary/aromatic N) is 2. The molecular formula is C10H13N3O. The van der Waals surface area contributed by atoms with E-state index in [1.807, 2.05) is 31.4 Å². The number of aliphatic hydroxyl groups is 1. The fourth-order valence-electron chi connectivity index (χ4n) is 1.51. The largest absolute Gasteiger partial charge is 0.387 e. The van der Waals surface area contributed by atoms with Gasteiger partial charge in [0.2, 0.25) is 0 Å². The zero-order valence-corrected chi connectivity index (χ0v) is 8.01. The zero-order valence-electron chi connectivity index (χ0n) is 8.01. The Balaban J connectivity index is 2.50. The van der Waals surface area contributed by atoms with Crippen molar-refractivity contribution in [2.45, 2.75) is 6.10 Å². The second-order valence-corrected chi connectivity index (χ2v) is 3.37. The molecule has 1 unspecified atom stereocenters. The molecule has 1 aromatic carbocycles. The van der Waals surface area contributed by atoms with Crippen molar-refractivity contribution in [1.29, 1.82) is 0 Å². The first-order chi connectivity index (χ1) is 6.70. The van der Waals surface area contributed by atoms with Crippen LogP contribution in [0.4, 0.5) is 0 Å². The fourth-order valence-corrected chi connectivity index (χ4v) is 1.51. The Morgan fingerprint density at radius 3 is 3.07 bits per heavy atom. The first kappa shape index (κ1) is 9.18. The molecule has 1 aromatic heterocycles. The third-order valence-corrected chi connectivity index (χ3v) is 2.25. The molecule has 0 bridgehead atoms. The minimum atomic E-state index is -0.584. The molecule has 0 aliphatic carbocycles. The van der Waals surface area contributed by atoms with Crippen LogP contribution in [0.5, 0.6) is 0 Å². The monoisotopic (exact) mass is 191 g/mol. The summed E-state index contributed by atoms with van der Waals surface area (Å²) in [5.74, 6) is 0. The number of fused-ring (bicyclic) bond motifs is 1. The summed E-state index contributed by atoms with van der Waals surface area (Å²) in [6.45, 7) is 0.242. The summed E-state index contributed by atoms with van der Waals surface area (Å²) in [5.41, 5.74) is 7.15. The second-order valence-electron chi connectivity index (χ2n) is 3.37. The molecule has 2 rings (SSSR count). The summed E-state index contributed by atoms with van der Waals surface area (Å²) >= 11 is 0. The summed E-state index contributed by atoms with van der Waals surface area (Å²) in [5, 5.41) is 14.8. The maximum absolute atomic E-state index is 9.54. The Morgan fingerprint density at radius 2 is 2.36 bits per heavy atom. The van der Waals surface area contributed by atoms with E-state index >= 15 is 0 Å². The lowest BCUT2D eigenvalue weighted by Crippen LogP contribution is -2.11. The van der Waals surface area contributed by atoms with Crippen molar-refractivity contribution in [1.82, 2.24) is 9.78 Å². The molecule has 14 heavy (non-hydrogen) atoms. The highest BCUT2D eigenvalue weighted by Crippen LogP contribution is 2.18. The molecule has 3 N–H and O–H groups in total. The number of hydrogen-bond donors (Lipinski definition) is 2. The molecule has 4 nitrogen and oxygen atoms in total. The topological polar surface area (TPSA) is 64.1 Å². The Hall–Kier alpha value is -1.39. The van der Waals surface area contributed by atoms with Crippen LogP contribution in [-0.2, 0) is 7.05 Å². The number of aliphatic hydroxyl groups excluding tert-OH is 1. The van der Waals surface area contributed by atoms with Crippen LogP contribution in [0, 0.1) is 0 Å². The van der Waals surface area contributed by atoms with Crippen molar-refractivity contribution in [3.63, 3.8) is 0 Å². The Labute approximate surface area is 81.9 Å². The zero-order chi connectivity index (χ0) is 10.1. The normalized spacial score (nSPS) is 13.4. The summed E-state index contributed by atoms with van der Waals surface area (Å²) < 4.78 is 1.75. The van der Waals surface area contributed by atoms with Crippen molar-refractivity contribution in [3.8, 4) is 0 Å². The molecule has 0 fully saturated rings. The summed E-state index contributed by atoms with van der Waals surface area (Å²) in [4.78, 5) is 0. The Morgan fingerprint density at radius 1 is 1.57 bits per heavy atom. The lowest BCUT2D eigenvalue weighted by molar-refractivity contribution is 0.187. The van der Waals surface area contributed by atoms with Gasteiger partial charge in [-0.3, -0.25) is 4.68 Å². The van der Waals surface area contributed by atoms with E-state index in [4.69, 9.17) is 5.73 Å². The highest BCUT2D eigenvalue weighted by atomic mass is 16.3. The Bertz CT molecular complexity index is 450. The van der Waals surface area contributed by atoms with Crippen LogP contribution < -0.4 is 5.73 Å². The van der Waals surface area contributed by atoms with E-state index in [2.05, 4.69) is 5.10 Å². The quantitative estimate of drug-likeness (QED) is 0.729. The maximum atomic E-state index is 9.54. The molecule has 1 heterocycles. The number of aromatic nitrogens is 2. The van der Waals surface area contributed by atoms with E-state index in [-0.39, 0.29) is 6.54 Å². The van der Waals surface area contributed by atoms with E-state index in [1.165, 1.54) is 0 Å². The van der Waals surface area contributed by atoms with Gasteiger partial charge >= 0.3 is 0 Å². The molecule has 0 saturated carbocycles. The van der Waals surface area contributed by atoms with Gasteiger partial charge in [-0.15, -0.1) is 0 Å². The van der Waals surface area contributed by atoms with Crippen LogP contribution >= 0.6 is 0 Å². The van der Waals surface area contributed by atoms with Gasteiger partial charge in [-0.1, -0.05) is 6.07 Å². The maximum Gasteiger partial charge on any atom is 0.0923 e. The van der Waals surface area contributed by atoms with E-state index in [0.29, 0.717) is 0 Å². The standard InChI is InChI=1S/C10H13N3O/c1-13-6-8-4-7(10(14)5-11)2-3-9(8)12-13/h2-4,6,10,14H,5,11H2,1H3. The van der Waals surface area contributed by atoms with Gasteiger partial charge in [0.15, 0.2) is 0 Å². The second kappa shape index (κ2) is 3.40. The van der Waals surface area contributed by atoms with Crippen LogP contribution in [-0.4, -0.2) is 21.4 Å². The smallest absolute Gasteiger partial charge is 0.0923 e. The van der Waals surface area contributed by atoms with Gasteiger partial charge in [0, 0.05) is 25.2 Å². The van der Waals surface area contributed by atoms with Gasteiger partial charge in [0.05, 0.1) is 11.6 Å². The SMILES string of the molecule is Cn1cc2cc(C(O)CN)ccc2n1. The number of benzene rings is 1. The van der Waals surface area contributed by atoms with Crippen molar-refractivity contribution < 1.29 is 5.11 Å². The minimum absolute atomic E-state index is 0.242. The predicted octanol–water partition coefficient (Wildman–Crippen LogP) is 0.565. The molecule has 4 heteroatoms. The van der Waals surface area contributed by atoms with Gasteiger partial charge in [-0.25, -0.2) is 0 Å². The molecule has 74 valence electrons. The highest BCUT2D eigenvalue weighted by Gasteiger charge is 2.06.